The summed E-state index contributed by atoms with van der Waals surface area (Å²) in [5, 5.41) is 3.05. The second-order valence-corrected chi connectivity index (χ2v) is 8.09. The van der Waals surface area contributed by atoms with E-state index in [1.54, 1.807) is 12.1 Å². The molecule has 2 heterocycles. The molecule has 2 aromatic rings. The molecule has 2 aromatic carbocycles. The second kappa shape index (κ2) is 7.55. The van der Waals surface area contributed by atoms with E-state index in [0.29, 0.717) is 18.4 Å². The van der Waals surface area contributed by atoms with Crippen LogP contribution in [0.2, 0.25) is 0 Å². The summed E-state index contributed by atoms with van der Waals surface area (Å²) in [7, 11) is 0. The standard InChI is InChI=1S/C23H27FN2O2/c1-16-13-19-14-18(7-8-22(19)28-16)15-26-11-9-23(10-12-26,25-17(2)27)20-5-3-4-6-21(20)24/h3-8,14,16H,9-13,15H2,1-2H3,(H,25,27)/t16-/m0/s1. The van der Waals surface area contributed by atoms with Crippen molar-refractivity contribution in [1.29, 1.82) is 0 Å². The summed E-state index contributed by atoms with van der Waals surface area (Å²) in [6.45, 7) is 6.06. The Morgan fingerprint density at radius 1 is 1.25 bits per heavy atom. The average molecular weight is 382 g/mol. The van der Waals surface area contributed by atoms with Gasteiger partial charge in [0.25, 0.3) is 0 Å². The number of likely N-dealkylation sites (tertiary alicyclic amines) is 1. The van der Waals surface area contributed by atoms with E-state index < -0.39 is 5.54 Å². The summed E-state index contributed by atoms with van der Waals surface area (Å²) < 4.78 is 20.3. The predicted octanol–water partition coefficient (Wildman–Crippen LogP) is 3.78. The van der Waals surface area contributed by atoms with E-state index in [1.165, 1.54) is 24.1 Å². The van der Waals surface area contributed by atoms with E-state index in [1.807, 2.05) is 6.07 Å². The highest BCUT2D eigenvalue weighted by Crippen LogP contribution is 2.35. The molecule has 0 saturated carbocycles. The van der Waals surface area contributed by atoms with Crippen LogP contribution in [0.3, 0.4) is 0 Å². The summed E-state index contributed by atoms with van der Waals surface area (Å²) in [4.78, 5) is 14.2. The van der Waals surface area contributed by atoms with Gasteiger partial charge in [0.05, 0.1) is 5.54 Å². The van der Waals surface area contributed by atoms with Gasteiger partial charge in [-0.3, -0.25) is 9.69 Å². The molecule has 0 aromatic heterocycles. The zero-order valence-electron chi connectivity index (χ0n) is 16.5. The highest BCUT2D eigenvalue weighted by molar-refractivity contribution is 5.74. The van der Waals surface area contributed by atoms with Gasteiger partial charge in [-0.1, -0.05) is 30.3 Å². The highest BCUT2D eigenvalue weighted by atomic mass is 19.1. The molecule has 148 valence electrons. The minimum atomic E-state index is -0.630. The first-order chi connectivity index (χ1) is 13.4. The number of benzene rings is 2. The van der Waals surface area contributed by atoms with Gasteiger partial charge in [-0.05, 0) is 43.0 Å². The van der Waals surface area contributed by atoms with Crippen molar-refractivity contribution in [2.45, 2.75) is 51.3 Å². The molecular formula is C23H27FN2O2. The number of nitrogens with zero attached hydrogens (tertiary/aromatic N) is 1. The lowest BCUT2D eigenvalue weighted by Crippen LogP contribution is -2.52. The third-order valence-electron chi connectivity index (χ3n) is 5.88. The van der Waals surface area contributed by atoms with Crippen LogP contribution in [0.4, 0.5) is 4.39 Å². The molecule has 0 spiro atoms. The van der Waals surface area contributed by atoms with Crippen molar-refractivity contribution in [3.63, 3.8) is 0 Å². The average Bonchev–Trinajstić information content (AvgIpc) is 3.03. The van der Waals surface area contributed by atoms with Crippen molar-refractivity contribution in [3.8, 4) is 5.75 Å². The van der Waals surface area contributed by atoms with E-state index >= 15 is 0 Å². The lowest BCUT2D eigenvalue weighted by Gasteiger charge is -2.42. The number of halogens is 1. The Hall–Kier alpha value is -2.40. The zero-order chi connectivity index (χ0) is 19.7. The van der Waals surface area contributed by atoms with E-state index in [9.17, 15) is 9.18 Å². The van der Waals surface area contributed by atoms with Gasteiger partial charge in [-0.15, -0.1) is 0 Å². The van der Waals surface area contributed by atoms with Gasteiger partial charge in [0.2, 0.25) is 5.91 Å². The summed E-state index contributed by atoms with van der Waals surface area (Å²) >= 11 is 0. The molecule has 0 bridgehead atoms. The molecule has 1 fully saturated rings. The molecule has 0 aliphatic carbocycles. The molecule has 5 heteroatoms. The van der Waals surface area contributed by atoms with E-state index in [-0.39, 0.29) is 17.8 Å². The fraction of sp³-hybridized carbons (Fsp3) is 0.435. The van der Waals surface area contributed by atoms with E-state index in [0.717, 1.165) is 31.8 Å². The van der Waals surface area contributed by atoms with Crippen molar-refractivity contribution in [1.82, 2.24) is 10.2 Å². The van der Waals surface area contributed by atoms with Crippen LogP contribution >= 0.6 is 0 Å². The zero-order valence-corrected chi connectivity index (χ0v) is 16.5. The molecular weight excluding hydrogens is 355 g/mol. The largest absolute Gasteiger partial charge is 0.490 e. The fourth-order valence-corrected chi connectivity index (χ4v) is 4.57. The number of carbonyl (C=O) groups excluding carboxylic acids is 1. The lowest BCUT2D eigenvalue weighted by atomic mass is 9.80. The van der Waals surface area contributed by atoms with Crippen LogP contribution < -0.4 is 10.1 Å². The molecule has 2 aliphatic rings. The van der Waals surface area contributed by atoms with Crippen LogP contribution in [0.1, 0.15) is 43.4 Å². The number of piperidine rings is 1. The molecule has 4 nitrogen and oxygen atoms in total. The van der Waals surface area contributed by atoms with Crippen LogP contribution in [0.5, 0.6) is 5.75 Å². The molecule has 28 heavy (non-hydrogen) atoms. The number of hydrogen-bond donors (Lipinski definition) is 1. The fourth-order valence-electron chi connectivity index (χ4n) is 4.57. The Bertz CT molecular complexity index is 875. The van der Waals surface area contributed by atoms with Gasteiger partial charge in [-0.25, -0.2) is 4.39 Å². The van der Waals surface area contributed by atoms with Crippen molar-refractivity contribution in [2.75, 3.05) is 13.1 Å². The first kappa shape index (κ1) is 18.9. The number of amides is 1. The highest BCUT2D eigenvalue weighted by Gasteiger charge is 2.38. The summed E-state index contributed by atoms with van der Waals surface area (Å²) in [5.74, 6) is 0.626. The SMILES string of the molecule is CC(=O)NC1(c2ccccc2F)CCN(Cc2ccc3c(c2)C[C@H](C)O3)CC1. The van der Waals surface area contributed by atoms with Crippen molar-refractivity contribution in [2.24, 2.45) is 0 Å². The number of rotatable bonds is 4. The monoisotopic (exact) mass is 382 g/mol. The second-order valence-electron chi connectivity index (χ2n) is 8.09. The number of fused-ring (bicyclic) bond motifs is 1. The quantitative estimate of drug-likeness (QED) is 0.875. The van der Waals surface area contributed by atoms with Crippen LogP contribution in [-0.4, -0.2) is 30.0 Å². The minimum absolute atomic E-state index is 0.121. The Kier molecular flexibility index (Phi) is 5.11. The van der Waals surface area contributed by atoms with Crippen molar-refractivity contribution >= 4 is 5.91 Å². The molecule has 1 saturated heterocycles. The third kappa shape index (κ3) is 3.76. The summed E-state index contributed by atoms with van der Waals surface area (Å²) in [6.07, 6.45) is 2.60. The molecule has 1 amide bonds. The maximum Gasteiger partial charge on any atom is 0.217 e. The molecule has 0 unspecified atom stereocenters. The smallest absolute Gasteiger partial charge is 0.217 e. The summed E-state index contributed by atoms with van der Waals surface area (Å²) in [5.41, 5.74) is 2.51. The molecule has 2 aliphatic heterocycles. The number of ether oxygens (including phenoxy) is 1. The molecule has 4 rings (SSSR count). The maximum atomic E-state index is 14.5. The number of carbonyl (C=O) groups is 1. The normalized spacial score (nSPS) is 21.0. The van der Waals surface area contributed by atoms with Crippen molar-refractivity contribution < 1.29 is 13.9 Å². The molecule has 1 atom stereocenters. The van der Waals surface area contributed by atoms with Crippen molar-refractivity contribution in [3.05, 3.63) is 65.0 Å². The van der Waals surface area contributed by atoms with Gasteiger partial charge in [0, 0.05) is 38.5 Å². The lowest BCUT2D eigenvalue weighted by molar-refractivity contribution is -0.121. The van der Waals surface area contributed by atoms with Crippen LogP contribution in [0.25, 0.3) is 0 Å². The summed E-state index contributed by atoms with van der Waals surface area (Å²) in [6, 6.07) is 13.2. The first-order valence-corrected chi connectivity index (χ1v) is 10.00. The van der Waals surface area contributed by atoms with Crippen LogP contribution in [-0.2, 0) is 23.3 Å². The predicted molar refractivity (Wildman–Crippen MR) is 107 cm³/mol. The number of hydrogen-bond acceptors (Lipinski definition) is 3. The minimum Gasteiger partial charge on any atom is -0.490 e. The van der Waals surface area contributed by atoms with Crippen LogP contribution in [0, 0.1) is 5.82 Å². The Morgan fingerprint density at radius 3 is 2.71 bits per heavy atom. The van der Waals surface area contributed by atoms with Gasteiger partial charge in [0.15, 0.2) is 0 Å². The van der Waals surface area contributed by atoms with Gasteiger partial charge >= 0.3 is 0 Å². The maximum absolute atomic E-state index is 14.5. The van der Waals surface area contributed by atoms with Gasteiger partial charge in [-0.2, -0.15) is 0 Å². The van der Waals surface area contributed by atoms with Gasteiger partial charge in [0.1, 0.15) is 17.7 Å². The van der Waals surface area contributed by atoms with Gasteiger partial charge < -0.3 is 10.1 Å². The van der Waals surface area contributed by atoms with E-state index in [2.05, 4.69) is 35.3 Å². The first-order valence-electron chi connectivity index (χ1n) is 10.00. The number of nitrogens with one attached hydrogen (secondary N) is 1. The van der Waals surface area contributed by atoms with Crippen LogP contribution in [0.15, 0.2) is 42.5 Å². The molecule has 1 N–H and O–H groups in total. The molecule has 0 radical (unpaired) electrons. The topological polar surface area (TPSA) is 41.6 Å². The Labute approximate surface area is 165 Å². The Morgan fingerprint density at radius 2 is 2.00 bits per heavy atom. The van der Waals surface area contributed by atoms with E-state index in [4.69, 9.17) is 4.74 Å². The third-order valence-corrected chi connectivity index (χ3v) is 5.88. The Balaban J connectivity index is 1.47.